The van der Waals surface area contributed by atoms with Crippen molar-refractivity contribution in [2.45, 2.75) is 32.7 Å². The first kappa shape index (κ1) is 11.7. The van der Waals surface area contributed by atoms with Crippen molar-refractivity contribution in [3.63, 3.8) is 0 Å². The summed E-state index contributed by atoms with van der Waals surface area (Å²) in [5, 5.41) is 4.23. The molecule has 0 saturated heterocycles. The predicted molar refractivity (Wildman–Crippen MR) is 67.5 cm³/mol. The van der Waals surface area contributed by atoms with E-state index in [-0.39, 0.29) is 0 Å². The van der Waals surface area contributed by atoms with Crippen LogP contribution in [0.15, 0.2) is 12.1 Å². The standard InChI is InChI=1S/C13H18ClNO/c1-9(2)15-5-3-10-7-12(14)8-11-4-6-16-13(10)11/h7-9,15H,3-6H2,1-2H3. The zero-order chi connectivity index (χ0) is 11.5. The molecular weight excluding hydrogens is 222 g/mol. The summed E-state index contributed by atoms with van der Waals surface area (Å²) in [6.45, 7) is 6.06. The van der Waals surface area contributed by atoms with Gasteiger partial charge in [-0.3, -0.25) is 0 Å². The molecule has 0 fully saturated rings. The zero-order valence-electron chi connectivity index (χ0n) is 9.85. The van der Waals surface area contributed by atoms with E-state index in [9.17, 15) is 0 Å². The van der Waals surface area contributed by atoms with Crippen LogP contribution in [0.5, 0.6) is 5.75 Å². The molecule has 0 amide bonds. The van der Waals surface area contributed by atoms with Crippen molar-refractivity contribution in [2.75, 3.05) is 13.2 Å². The summed E-state index contributed by atoms with van der Waals surface area (Å²) in [4.78, 5) is 0. The molecule has 0 spiro atoms. The molecule has 16 heavy (non-hydrogen) atoms. The lowest BCUT2D eigenvalue weighted by atomic mass is 10.1. The smallest absolute Gasteiger partial charge is 0.125 e. The van der Waals surface area contributed by atoms with E-state index in [0.29, 0.717) is 6.04 Å². The SMILES string of the molecule is CC(C)NCCc1cc(Cl)cc2c1OCC2. The van der Waals surface area contributed by atoms with Gasteiger partial charge in [0.05, 0.1) is 6.61 Å². The van der Waals surface area contributed by atoms with Gasteiger partial charge in [0.2, 0.25) is 0 Å². The van der Waals surface area contributed by atoms with Crippen molar-refractivity contribution in [3.8, 4) is 5.75 Å². The Labute approximate surface area is 102 Å². The molecule has 1 heterocycles. The Hall–Kier alpha value is -0.730. The second kappa shape index (κ2) is 5.07. The lowest BCUT2D eigenvalue weighted by Crippen LogP contribution is -2.25. The van der Waals surface area contributed by atoms with E-state index in [4.69, 9.17) is 16.3 Å². The molecule has 1 aromatic carbocycles. The molecule has 0 saturated carbocycles. The van der Waals surface area contributed by atoms with Crippen molar-refractivity contribution in [1.82, 2.24) is 5.32 Å². The summed E-state index contributed by atoms with van der Waals surface area (Å²) in [5.74, 6) is 1.06. The van der Waals surface area contributed by atoms with Crippen LogP contribution >= 0.6 is 11.6 Å². The minimum absolute atomic E-state index is 0.521. The van der Waals surface area contributed by atoms with Crippen LogP contribution in [-0.4, -0.2) is 19.2 Å². The minimum Gasteiger partial charge on any atom is -0.493 e. The molecule has 0 aliphatic carbocycles. The fourth-order valence-electron chi connectivity index (χ4n) is 2.03. The molecular formula is C13H18ClNO. The highest BCUT2D eigenvalue weighted by atomic mass is 35.5. The van der Waals surface area contributed by atoms with Crippen LogP contribution in [0.4, 0.5) is 0 Å². The second-order valence-corrected chi connectivity index (χ2v) is 4.95. The molecule has 2 rings (SSSR count). The number of hydrogen-bond donors (Lipinski definition) is 1. The Morgan fingerprint density at radius 1 is 1.44 bits per heavy atom. The molecule has 0 atom stereocenters. The summed E-state index contributed by atoms with van der Waals surface area (Å²) < 4.78 is 5.66. The zero-order valence-corrected chi connectivity index (χ0v) is 10.6. The number of fused-ring (bicyclic) bond motifs is 1. The quantitative estimate of drug-likeness (QED) is 0.873. The van der Waals surface area contributed by atoms with Crippen LogP contribution in [0.2, 0.25) is 5.02 Å². The molecule has 0 radical (unpaired) electrons. The largest absolute Gasteiger partial charge is 0.493 e. The molecule has 1 aliphatic heterocycles. The maximum absolute atomic E-state index is 6.09. The maximum Gasteiger partial charge on any atom is 0.125 e. The van der Waals surface area contributed by atoms with E-state index >= 15 is 0 Å². The summed E-state index contributed by atoms with van der Waals surface area (Å²) in [6.07, 6.45) is 1.96. The van der Waals surface area contributed by atoms with Crippen LogP contribution < -0.4 is 10.1 Å². The number of hydrogen-bond acceptors (Lipinski definition) is 2. The average Bonchev–Trinajstić information content (AvgIpc) is 2.64. The van der Waals surface area contributed by atoms with Crippen LogP contribution in [0, 0.1) is 0 Å². The van der Waals surface area contributed by atoms with Crippen molar-refractivity contribution >= 4 is 11.6 Å². The molecule has 1 aliphatic rings. The van der Waals surface area contributed by atoms with E-state index in [0.717, 1.165) is 36.8 Å². The fourth-order valence-corrected chi connectivity index (χ4v) is 2.29. The number of rotatable bonds is 4. The second-order valence-electron chi connectivity index (χ2n) is 4.51. The van der Waals surface area contributed by atoms with Gasteiger partial charge in [-0.1, -0.05) is 25.4 Å². The van der Waals surface area contributed by atoms with E-state index in [2.05, 4.69) is 19.2 Å². The first-order chi connectivity index (χ1) is 7.66. The summed E-state index contributed by atoms with van der Waals surface area (Å²) >= 11 is 6.09. The van der Waals surface area contributed by atoms with Gasteiger partial charge in [-0.05, 0) is 36.2 Å². The highest BCUT2D eigenvalue weighted by Gasteiger charge is 2.17. The Balaban J connectivity index is 2.08. The third kappa shape index (κ3) is 2.69. The number of halogens is 1. The van der Waals surface area contributed by atoms with Gasteiger partial charge in [-0.25, -0.2) is 0 Å². The van der Waals surface area contributed by atoms with E-state index in [1.807, 2.05) is 12.1 Å². The minimum atomic E-state index is 0.521. The predicted octanol–water partition coefficient (Wildman–Crippen LogP) is 2.82. The average molecular weight is 240 g/mol. The number of benzene rings is 1. The molecule has 2 nitrogen and oxygen atoms in total. The molecule has 88 valence electrons. The van der Waals surface area contributed by atoms with Gasteiger partial charge in [0.25, 0.3) is 0 Å². The van der Waals surface area contributed by atoms with Crippen molar-refractivity contribution in [3.05, 3.63) is 28.3 Å². The van der Waals surface area contributed by atoms with Gasteiger partial charge in [-0.2, -0.15) is 0 Å². The van der Waals surface area contributed by atoms with Crippen molar-refractivity contribution in [1.29, 1.82) is 0 Å². The third-order valence-corrected chi connectivity index (χ3v) is 2.99. The normalized spacial score (nSPS) is 14.0. The Morgan fingerprint density at radius 3 is 3.00 bits per heavy atom. The first-order valence-corrected chi connectivity index (χ1v) is 6.22. The molecule has 3 heteroatoms. The molecule has 0 unspecified atom stereocenters. The van der Waals surface area contributed by atoms with Gasteiger partial charge >= 0.3 is 0 Å². The topological polar surface area (TPSA) is 21.3 Å². The van der Waals surface area contributed by atoms with Gasteiger partial charge in [-0.15, -0.1) is 0 Å². The first-order valence-electron chi connectivity index (χ1n) is 5.84. The summed E-state index contributed by atoms with van der Waals surface area (Å²) in [6, 6.07) is 4.56. The van der Waals surface area contributed by atoms with Crippen molar-refractivity contribution in [2.24, 2.45) is 0 Å². The Morgan fingerprint density at radius 2 is 2.25 bits per heavy atom. The van der Waals surface area contributed by atoms with Gasteiger partial charge in [0, 0.05) is 17.5 Å². The van der Waals surface area contributed by atoms with E-state index < -0.39 is 0 Å². The fraction of sp³-hybridized carbons (Fsp3) is 0.538. The monoisotopic (exact) mass is 239 g/mol. The molecule has 0 aromatic heterocycles. The summed E-state index contributed by atoms with van der Waals surface area (Å²) in [5.41, 5.74) is 2.49. The highest BCUT2D eigenvalue weighted by Crippen LogP contribution is 2.32. The summed E-state index contributed by atoms with van der Waals surface area (Å²) in [7, 11) is 0. The molecule has 1 aromatic rings. The van der Waals surface area contributed by atoms with E-state index in [1.165, 1.54) is 11.1 Å². The lowest BCUT2D eigenvalue weighted by Gasteiger charge is -2.11. The van der Waals surface area contributed by atoms with E-state index in [1.54, 1.807) is 0 Å². The number of ether oxygens (including phenoxy) is 1. The van der Waals surface area contributed by atoms with Gasteiger partial charge < -0.3 is 10.1 Å². The van der Waals surface area contributed by atoms with Crippen LogP contribution in [0.3, 0.4) is 0 Å². The van der Waals surface area contributed by atoms with Crippen LogP contribution in [0.25, 0.3) is 0 Å². The van der Waals surface area contributed by atoms with Gasteiger partial charge in [0.1, 0.15) is 5.75 Å². The van der Waals surface area contributed by atoms with Crippen molar-refractivity contribution < 1.29 is 4.74 Å². The van der Waals surface area contributed by atoms with Gasteiger partial charge in [0.15, 0.2) is 0 Å². The van der Waals surface area contributed by atoms with Crippen LogP contribution in [0.1, 0.15) is 25.0 Å². The number of nitrogens with one attached hydrogen (secondary N) is 1. The molecule has 1 N–H and O–H groups in total. The molecule has 0 bridgehead atoms. The lowest BCUT2D eigenvalue weighted by molar-refractivity contribution is 0.353. The Kier molecular flexibility index (Phi) is 3.72. The van der Waals surface area contributed by atoms with Crippen LogP contribution in [-0.2, 0) is 12.8 Å². The third-order valence-electron chi connectivity index (χ3n) is 2.77. The highest BCUT2D eigenvalue weighted by molar-refractivity contribution is 6.30. The maximum atomic E-state index is 6.09. The Bertz CT molecular complexity index is 376.